The monoisotopic (exact) mass is 460 g/mol. The Balaban J connectivity index is 1.61. The number of rotatable bonds is 4. The molecular formula is C27H25ClN2O3. The maximum absolute atomic E-state index is 12.9. The number of nitrogens with one attached hydrogen (secondary N) is 1. The molecule has 0 amide bonds. The van der Waals surface area contributed by atoms with E-state index in [0.29, 0.717) is 27.2 Å². The summed E-state index contributed by atoms with van der Waals surface area (Å²) in [5.41, 5.74) is 3.74. The second-order valence-electron chi connectivity index (χ2n) is 8.35. The maximum Gasteiger partial charge on any atom is 0.260 e. The second-order valence-corrected chi connectivity index (χ2v) is 8.76. The van der Waals surface area contributed by atoms with Crippen LogP contribution in [0.3, 0.4) is 0 Å². The molecule has 1 saturated heterocycles. The zero-order chi connectivity index (χ0) is 22.9. The number of fused-ring (bicyclic) bond motifs is 1. The van der Waals surface area contributed by atoms with Crippen LogP contribution in [0.5, 0.6) is 11.5 Å². The first kappa shape index (κ1) is 21.4. The highest BCUT2D eigenvalue weighted by Crippen LogP contribution is 2.40. The van der Waals surface area contributed by atoms with Crippen LogP contribution in [-0.2, 0) is 0 Å². The minimum atomic E-state index is -0.404. The zero-order valence-corrected chi connectivity index (χ0v) is 19.2. The maximum atomic E-state index is 12.9. The summed E-state index contributed by atoms with van der Waals surface area (Å²) in [6, 6.07) is 19.0. The van der Waals surface area contributed by atoms with Gasteiger partial charge < -0.3 is 19.7 Å². The van der Waals surface area contributed by atoms with Crippen LogP contribution in [0.25, 0.3) is 33.2 Å². The van der Waals surface area contributed by atoms with Crippen molar-refractivity contribution < 1.29 is 9.84 Å². The topological polar surface area (TPSA) is 65.6 Å². The number of H-pyrrole nitrogens is 1. The average Bonchev–Trinajstić information content (AvgIpc) is 2.85. The lowest BCUT2D eigenvalue weighted by Gasteiger charge is -2.28. The van der Waals surface area contributed by atoms with Crippen molar-refractivity contribution in [2.45, 2.75) is 19.3 Å². The van der Waals surface area contributed by atoms with Crippen LogP contribution in [0.15, 0.2) is 65.5 Å². The van der Waals surface area contributed by atoms with Crippen molar-refractivity contribution in [3.05, 3.63) is 76.0 Å². The Bertz CT molecular complexity index is 1370. The molecule has 0 bridgehead atoms. The van der Waals surface area contributed by atoms with E-state index in [-0.39, 0.29) is 11.3 Å². The number of methoxy groups -OCH3 is 1. The number of anilines is 1. The van der Waals surface area contributed by atoms with Gasteiger partial charge in [0.1, 0.15) is 11.5 Å². The molecule has 0 aliphatic carbocycles. The van der Waals surface area contributed by atoms with Gasteiger partial charge in [-0.05, 0) is 55.2 Å². The van der Waals surface area contributed by atoms with E-state index in [1.165, 1.54) is 32.1 Å². The predicted octanol–water partition coefficient (Wildman–Crippen LogP) is 6.22. The number of aromatic hydroxyl groups is 1. The van der Waals surface area contributed by atoms with Gasteiger partial charge in [0, 0.05) is 35.3 Å². The van der Waals surface area contributed by atoms with E-state index in [1.807, 2.05) is 12.1 Å². The minimum absolute atomic E-state index is 0.0962. The molecule has 3 aromatic carbocycles. The van der Waals surface area contributed by atoms with Crippen LogP contribution in [0.4, 0.5) is 5.69 Å². The van der Waals surface area contributed by atoms with Crippen molar-refractivity contribution in [3.8, 4) is 33.8 Å². The van der Waals surface area contributed by atoms with Gasteiger partial charge in [0.25, 0.3) is 5.56 Å². The van der Waals surface area contributed by atoms with Gasteiger partial charge in [-0.3, -0.25) is 4.79 Å². The first-order valence-electron chi connectivity index (χ1n) is 11.1. The Morgan fingerprint density at radius 3 is 2.42 bits per heavy atom. The number of benzene rings is 3. The van der Waals surface area contributed by atoms with Gasteiger partial charge in [0.05, 0.1) is 23.2 Å². The Morgan fingerprint density at radius 1 is 0.970 bits per heavy atom. The number of piperidine rings is 1. The molecule has 1 aliphatic heterocycles. The molecule has 0 atom stereocenters. The average molecular weight is 461 g/mol. The fourth-order valence-corrected chi connectivity index (χ4v) is 4.90. The SMILES string of the molecule is COc1ccccc1-c1c(O)c2cc(-c3ccc(N4CCCCC4)cc3)c(Cl)cc2[nH]c1=O. The van der Waals surface area contributed by atoms with E-state index in [1.54, 1.807) is 24.3 Å². The Hall–Kier alpha value is -3.44. The van der Waals surface area contributed by atoms with Crippen molar-refractivity contribution in [3.63, 3.8) is 0 Å². The summed E-state index contributed by atoms with van der Waals surface area (Å²) in [5, 5.41) is 12.2. The Kier molecular flexibility index (Phi) is 5.73. The summed E-state index contributed by atoms with van der Waals surface area (Å²) in [5.74, 6) is 0.418. The predicted molar refractivity (Wildman–Crippen MR) is 135 cm³/mol. The largest absolute Gasteiger partial charge is 0.506 e. The molecule has 2 N–H and O–H groups in total. The molecule has 33 heavy (non-hydrogen) atoms. The summed E-state index contributed by atoms with van der Waals surface area (Å²) < 4.78 is 5.41. The van der Waals surface area contributed by atoms with E-state index in [4.69, 9.17) is 16.3 Å². The fourth-order valence-electron chi connectivity index (χ4n) is 4.63. The number of hydrogen-bond donors (Lipinski definition) is 2. The molecule has 1 aliphatic rings. The molecule has 2 heterocycles. The summed E-state index contributed by atoms with van der Waals surface area (Å²) >= 11 is 6.60. The molecule has 0 unspecified atom stereocenters. The van der Waals surface area contributed by atoms with E-state index in [0.717, 1.165) is 24.2 Å². The Morgan fingerprint density at radius 2 is 1.70 bits per heavy atom. The normalized spacial score (nSPS) is 13.9. The van der Waals surface area contributed by atoms with Crippen molar-refractivity contribution in [1.29, 1.82) is 0 Å². The third kappa shape index (κ3) is 3.93. The molecule has 5 nitrogen and oxygen atoms in total. The summed E-state index contributed by atoms with van der Waals surface area (Å²) in [6.45, 7) is 2.17. The molecular weight excluding hydrogens is 436 g/mol. The van der Waals surface area contributed by atoms with Crippen LogP contribution < -0.4 is 15.2 Å². The second kappa shape index (κ2) is 8.83. The molecule has 6 heteroatoms. The van der Waals surface area contributed by atoms with Crippen LogP contribution in [0.2, 0.25) is 5.02 Å². The number of hydrogen-bond acceptors (Lipinski definition) is 4. The summed E-state index contributed by atoms with van der Waals surface area (Å²) in [7, 11) is 1.54. The van der Waals surface area contributed by atoms with Crippen molar-refractivity contribution in [1.82, 2.24) is 4.98 Å². The van der Waals surface area contributed by atoms with Gasteiger partial charge in [0.2, 0.25) is 0 Å². The van der Waals surface area contributed by atoms with Crippen LogP contribution >= 0.6 is 11.6 Å². The first-order chi connectivity index (χ1) is 16.1. The van der Waals surface area contributed by atoms with Gasteiger partial charge in [-0.15, -0.1) is 0 Å². The lowest BCUT2D eigenvalue weighted by molar-refractivity contribution is 0.415. The summed E-state index contributed by atoms with van der Waals surface area (Å²) in [6.07, 6.45) is 3.75. The molecule has 168 valence electrons. The number of aromatic nitrogens is 1. The van der Waals surface area contributed by atoms with Gasteiger partial charge in [-0.2, -0.15) is 0 Å². The standard InChI is InChI=1S/C27H25ClN2O3/c1-33-24-8-4-3-7-19(24)25-26(31)21-15-20(22(28)16-23(21)29-27(25)32)17-9-11-18(12-10-17)30-13-5-2-6-14-30/h3-4,7-12,15-16H,2,5-6,13-14H2,1H3,(H2,29,31,32). The number of aromatic amines is 1. The van der Waals surface area contributed by atoms with Crippen molar-refractivity contribution >= 4 is 28.2 Å². The van der Waals surface area contributed by atoms with Gasteiger partial charge in [-0.1, -0.05) is 41.9 Å². The quantitative estimate of drug-likeness (QED) is 0.379. The fraction of sp³-hybridized carbons (Fsp3) is 0.222. The zero-order valence-electron chi connectivity index (χ0n) is 18.4. The smallest absolute Gasteiger partial charge is 0.260 e. The lowest BCUT2D eigenvalue weighted by atomic mass is 9.98. The molecule has 0 spiro atoms. The van der Waals surface area contributed by atoms with Crippen LogP contribution in [0.1, 0.15) is 19.3 Å². The van der Waals surface area contributed by atoms with Gasteiger partial charge in [-0.25, -0.2) is 0 Å². The molecule has 5 rings (SSSR count). The van der Waals surface area contributed by atoms with E-state index in [9.17, 15) is 9.90 Å². The number of pyridine rings is 1. The van der Waals surface area contributed by atoms with Crippen molar-refractivity contribution in [2.75, 3.05) is 25.1 Å². The van der Waals surface area contributed by atoms with Gasteiger partial charge >= 0.3 is 0 Å². The minimum Gasteiger partial charge on any atom is -0.506 e. The van der Waals surface area contributed by atoms with E-state index < -0.39 is 5.56 Å². The number of nitrogens with zero attached hydrogens (tertiary/aromatic N) is 1. The molecule has 0 radical (unpaired) electrons. The molecule has 0 saturated carbocycles. The highest BCUT2D eigenvalue weighted by atomic mass is 35.5. The van der Waals surface area contributed by atoms with Gasteiger partial charge in [0.15, 0.2) is 0 Å². The molecule has 1 aromatic heterocycles. The van der Waals surface area contributed by atoms with Crippen LogP contribution in [0, 0.1) is 0 Å². The Labute approximate surface area is 197 Å². The number of halogens is 1. The third-order valence-corrected chi connectivity index (χ3v) is 6.66. The molecule has 4 aromatic rings. The first-order valence-corrected chi connectivity index (χ1v) is 11.5. The lowest BCUT2D eigenvalue weighted by Crippen LogP contribution is -2.29. The van der Waals surface area contributed by atoms with Crippen LogP contribution in [-0.4, -0.2) is 30.3 Å². The number of para-hydroxylation sites is 1. The number of ether oxygens (including phenoxy) is 1. The molecule has 1 fully saturated rings. The van der Waals surface area contributed by atoms with E-state index >= 15 is 0 Å². The third-order valence-electron chi connectivity index (χ3n) is 6.35. The highest BCUT2D eigenvalue weighted by molar-refractivity contribution is 6.34. The highest BCUT2D eigenvalue weighted by Gasteiger charge is 2.19. The summed E-state index contributed by atoms with van der Waals surface area (Å²) in [4.78, 5) is 18.1. The van der Waals surface area contributed by atoms with E-state index in [2.05, 4.69) is 34.1 Å². The van der Waals surface area contributed by atoms with Crippen molar-refractivity contribution in [2.24, 2.45) is 0 Å².